The fraction of sp³-hybridized carbons (Fsp3) is 0.733. The molecule has 0 aromatic rings. The van der Waals surface area contributed by atoms with Gasteiger partial charge < -0.3 is 14.9 Å². The third-order valence-electron chi connectivity index (χ3n) is 3.76. The van der Waals surface area contributed by atoms with Gasteiger partial charge in [-0.2, -0.15) is 0 Å². The average Bonchev–Trinajstić information content (AvgIpc) is 2.42. The molecule has 1 fully saturated rings. The van der Waals surface area contributed by atoms with Gasteiger partial charge in [-0.3, -0.25) is 4.79 Å². The van der Waals surface area contributed by atoms with Gasteiger partial charge in [0, 0.05) is 32.6 Å². The number of hydrogen-bond donors (Lipinski definition) is 1. The summed E-state index contributed by atoms with van der Waals surface area (Å²) in [4.78, 5) is 26.6. The van der Waals surface area contributed by atoms with Crippen LogP contribution in [0.1, 0.15) is 39.5 Å². The van der Waals surface area contributed by atoms with Crippen LogP contribution in [0.2, 0.25) is 0 Å². The maximum absolute atomic E-state index is 12.4. The molecule has 1 rings (SSSR count). The fourth-order valence-corrected chi connectivity index (χ4v) is 2.58. The molecule has 1 aliphatic rings. The van der Waals surface area contributed by atoms with E-state index >= 15 is 0 Å². The van der Waals surface area contributed by atoms with Crippen LogP contribution >= 0.6 is 0 Å². The van der Waals surface area contributed by atoms with Gasteiger partial charge in [0.05, 0.1) is 0 Å². The van der Waals surface area contributed by atoms with Crippen molar-refractivity contribution >= 4 is 12.0 Å². The minimum Gasteiger partial charge on any atom is -0.481 e. The largest absolute Gasteiger partial charge is 0.481 e. The minimum atomic E-state index is -0.734. The molecule has 0 bridgehead atoms. The van der Waals surface area contributed by atoms with E-state index in [1.165, 1.54) is 0 Å². The third-order valence-corrected chi connectivity index (χ3v) is 3.76. The molecule has 5 nitrogen and oxygen atoms in total. The number of carbonyl (C=O) groups is 2. The predicted octanol–water partition coefficient (Wildman–Crippen LogP) is 2.58. The van der Waals surface area contributed by atoms with Crippen LogP contribution in [0.4, 0.5) is 4.79 Å². The van der Waals surface area contributed by atoms with Crippen molar-refractivity contribution in [2.45, 2.75) is 39.5 Å². The summed E-state index contributed by atoms with van der Waals surface area (Å²) in [6.45, 7) is 10.5. The number of piperidine rings is 1. The normalized spacial score (nSPS) is 16.0. The Morgan fingerprint density at radius 3 is 2.40 bits per heavy atom. The first-order chi connectivity index (χ1) is 9.43. The van der Waals surface area contributed by atoms with Gasteiger partial charge in [0.15, 0.2) is 0 Å². The first-order valence-corrected chi connectivity index (χ1v) is 7.34. The molecule has 0 aromatic heterocycles. The number of hydrogen-bond acceptors (Lipinski definition) is 2. The molecular weight excluding hydrogens is 256 g/mol. The number of aliphatic carboxylic acids is 1. The third kappa shape index (κ3) is 5.23. The summed E-state index contributed by atoms with van der Waals surface area (Å²) in [7, 11) is 0. The molecule has 1 heterocycles. The van der Waals surface area contributed by atoms with Gasteiger partial charge in [0.2, 0.25) is 0 Å². The topological polar surface area (TPSA) is 60.9 Å². The molecule has 0 radical (unpaired) electrons. The van der Waals surface area contributed by atoms with Crippen molar-refractivity contribution < 1.29 is 14.7 Å². The molecule has 1 N–H and O–H groups in total. The Balaban J connectivity index is 2.41. The molecule has 1 aliphatic heterocycles. The van der Waals surface area contributed by atoms with Gasteiger partial charge in [-0.15, -0.1) is 0 Å². The van der Waals surface area contributed by atoms with Crippen molar-refractivity contribution in [2.75, 3.05) is 26.2 Å². The van der Waals surface area contributed by atoms with E-state index in [0.29, 0.717) is 19.0 Å². The molecule has 0 spiro atoms. The van der Waals surface area contributed by atoms with E-state index in [0.717, 1.165) is 37.9 Å². The summed E-state index contributed by atoms with van der Waals surface area (Å²) in [5, 5.41) is 8.69. The van der Waals surface area contributed by atoms with Crippen molar-refractivity contribution in [1.82, 2.24) is 9.80 Å². The Hall–Kier alpha value is -1.52. The van der Waals surface area contributed by atoms with Crippen LogP contribution in [-0.2, 0) is 4.79 Å². The van der Waals surface area contributed by atoms with E-state index in [2.05, 4.69) is 6.58 Å². The number of amides is 2. The van der Waals surface area contributed by atoms with E-state index in [1.807, 2.05) is 18.7 Å². The minimum absolute atomic E-state index is 0.0761. The van der Waals surface area contributed by atoms with Crippen LogP contribution in [0, 0.1) is 5.92 Å². The zero-order valence-corrected chi connectivity index (χ0v) is 12.6. The second kappa shape index (κ2) is 7.92. The van der Waals surface area contributed by atoms with E-state index in [9.17, 15) is 9.59 Å². The summed E-state index contributed by atoms with van der Waals surface area (Å²) >= 11 is 0. The van der Waals surface area contributed by atoms with Gasteiger partial charge in [-0.05, 0) is 39.0 Å². The van der Waals surface area contributed by atoms with Crippen LogP contribution in [0.5, 0.6) is 0 Å². The Labute approximate surface area is 121 Å². The average molecular weight is 282 g/mol. The van der Waals surface area contributed by atoms with Crippen molar-refractivity contribution in [3.63, 3.8) is 0 Å². The molecule has 0 aliphatic carbocycles. The second-order valence-corrected chi connectivity index (χ2v) is 5.62. The highest BCUT2D eigenvalue weighted by molar-refractivity contribution is 5.74. The molecular formula is C15H26N2O3. The molecule has 1 saturated heterocycles. The van der Waals surface area contributed by atoms with Crippen molar-refractivity contribution in [3.8, 4) is 0 Å². The number of urea groups is 1. The van der Waals surface area contributed by atoms with Gasteiger partial charge in [0.25, 0.3) is 0 Å². The molecule has 5 heteroatoms. The summed E-state index contributed by atoms with van der Waals surface area (Å²) < 4.78 is 0. The highest BCUT2D eigenvalue weighted by atomic mass is 16.4. The Morgan fingerprint density at radius 1 is 1.35 bits per heavy atom. The maximum atomic E-state index is 12.4. The lowest BCUT2D eigenvalue weighted by Gasteiger charge is -2.35. The smallest absolute Gasteiger partial charge is 0.320 e. The van der Waals surface area contributed by atoms with E-state index in [-0.39, 0.29) is 12.5 Å². The molecule has 0 unspecified atom stereocenters. The quantitative estimate of drug-likeness (QED) is 0.762. The first kappa shape index (κ1) is 16.5. The lowest BCUT2D eigenvalue weighted by Crippen LogP contribution is -2.47. The first-order valence-electron chi connectivity index (χ1n) is 7.34. The number of rotatable bonds is 6. The molecule has 2 amide bonds. The van der Waals surface area contributed by atoms with Crippen LogP contribution in [0.15, 0.2) is 12.2 Å². The highest BCUT2D eigenvalue weighted by Crippen LogP contribution is 2.22. The SMILES string of the molecule is C=C(C)CN(CC)C(=O)N1CCC(CCC(=O)O)CC1. The fourth-order valence-electron chi connectivity index (χ4n) is 2.58. The summed E-state index contributed by atoms with van der Waals surface area (Å²) in [5.74, 6) is -0.298. The molecule has 0 atom stereocenters. The van der Waals surface area contributed by atoms with Crippen molar-refractivity contribution in [1.29, 1.82) is 0 Å². The van der Waals surface area contributed by atoms with Crippen LogP contribution in [-0.4, -0.2) is 53.1 Å². The van der Waals surface area contributed by atoms with Crippen molar-refractivity contribution in [3.05, 3.63) is 12.2 Å². The lowest BCUT2D eigenvalue weighted by molar-refractivity contribution is -0.137. The van der Waals surface area contributed by atoms with Crippen LogP contribution in [0.3, 0.4) is 0 Å². The van der Waals surface area contributed by atoms with Gasteiger partial charge in [-0.25, -0.2) is 4.79 Å². The summed E-state index contributed by atoms with van der Waals surface area (Å²) in [6, 6.07) is 0.0761. The number of carboxylic acids is 1. The number of carboxylic acid groups (broad SMARTS) is 1. The zero-order valence-electron chi connectivity index (χ0n) is 12.6. The van der Waals surface area contributed by atoms with Gasteiger partial charge in [-0.1, -0.05) is 12.2 Å². The number of carbonyl (C=O) groups excluding carboxylic acids is 1. The number of likely N-dealkylation sites (tertiary alicyclic amines) is 1. The summed E-state index contributed by atoms with van der Waals surface area (Å²) in [5.41, 5.74) is 0.983. The lowest BCUT2D eigenvalue weighted by atomic mass is 9.92. The monoisotopic (exact) mass is 282 g/mol. The molecule has 114 valence electrons. The molecule has 0 saturated carbocycles. The number of likely N-dealkylation sites (N-methyl/N-ethyl adjacent to an activating group) is 1. The van der Waals surface area contributed by atoms with Crippen LogP contribution in [0.25, 0.3) is 0 Å². The van der Waals surface area contributed by atoms with Crippen molar-refractivity contribution in [2.24, 2.45) is 5.92 Å². The Bertz CT molecular complexity index is 360. The molecule has 0 aromatic carbocycles. The van der Waals surface area contributed by atoms with Gasteiger partial charge in [0.1, 0.15) is 0 Å². The number of nitrogens with zero attached hydrogens (tertiary/aromatic N) is 2. The predicted molar refractivity (Wildman–Crippen MR) is 78.6 cm³/mol. The highest BCUT2D eigenvalue weighted by Gasteiger charge is 2.25. The molecule has 20 heavy (non-hydrogen) atoms. The second-order valence-electron chi connectivity index (χ2n) is 5.62. The maximum Gasteiger partial charge on any atom is 0.320 e. The van der Waals surface area contributed by atoms with E-state index in [4.69, 9.17) is 5.11 Å². The van der Waals surface area contributed by atoms with Gasteiger partial charge >= 0.3 is 12.0 Å². The standard InChI is InChI=1S/C15H26N2O3/c1-4-16(11-12(2)3)15(20)17-9-7-13(8-10-17)5-6-14(18)19/h13H,2,4-11H2,1,3H3,(H,18,19). The van der Waals surface area contributed by atoms with E-state index in [1.54, 1.807) is 4.90 Å². The van der Waals surface area contributed by atoms with Crippen LogP contribution < -0.4 is 0 Å². The summed E-state index contributed by atoms with van der Waals surface area (Å²) in [6.07, 6.45) is 2.77. The van der Waals surface area contributed by atoms with E-state index < -0.39 is 5.97 Å². The Morgan fingerprint density at radius 2 is 1.95 bits per heavy atom. The Kier molecular flexibility index (Phi) is 6.55. The zero-order chi connectivity index (χ0) is 15.1.